The van der Waals surface area contributed by atoms with Crippen molar-refractivity contribution in [2.45, 2.75) is 17.7 Å². The van der Waals surface area contributed by atoms with E-state index in [-0.39, 0.29) is 10.6 Å². The zero-order valence-corrected chi connectivity index (χ0v) is 9.31. The number of aryl methyl sites for hydroxylation is 1. The molecule has 0 atom stereocenters. The number of nitrogens with zero attached hydrogens (tertiary/aromatic N) is 1. The monoisotopic (exact) mass is 254 g/mol. The number of nitrogens with one attached hydrogen (secondary N) is 2. The van der Waals surface area contributed by atoms with E-state index in [1.807, 2.05) is 0 Å². The van der Waals surface area contributed by atoms with Gasteiger partial charge in [0.1, 0.15) is 4.90 Å². The van der Waals surface area contributed by atoms with Gasteiger partial charge in [-0.1, -0.05) is 0 Å². The fourth-order valence-corrected chi connectivity index (χ4v) is 2.16. The highest BCUT2D eigenvalue weighted by atomic mass is 32.2. The van der Waals surface area contributed by atoms with Gasteiger partial charge in [-0.15, -0.1) is 0 Å². The van der Waals surface area contributed by atoms with Crippen molar-refractivity contribution in [3.05, 3.63) is 11.9 Å². The number of hydrogen-bond donors (Lipinski definition) is 3. The second-order valence-corrected chi connectivity index (χ2v) is 4.98. The molecule has 0 fully saturated rings. The van der Waals surface area contributed by atoms with E-state index in [9.17, 15) is 17.2 Å². The average Bonchev–Trinajstić information content (AvgIpc) is 2.63. The van der Waals surface area contributed by atoms with E-state index >= 15 is 0 Å². The van der Waals surface area contributed by atoms with Crippen molar-refractivity contribution in [1.29, 1.82) is 0 Å². The molecule has 0 aromatic carbocycles. The van der Waals surface area contributed by atoms with E-state index in [1.54, 1.807) is 4.72 Å². The molecule has 0 aliphatic heterocycles. The molecule has 0 spiro atoms. The maximum Gasteiger partial charge on any atom is 0.273 e. The molecule has 0 amide bonds. The van der Waals surface area contributed by atoms with Crippen LogP contribution in [-0.4, -0.2) is 37.6 Å². The molecule has 16 heavy (non-hydrogen) atoms. The molecule has 6 nitrogen and oxygen atoms in total. The number of sulfonamides is 1. The summed E-state index contributed by atoms with van der Waals surface area (Å²) in [5.41, 5.74) is 5.06. The van der Waals surface area contributed by atoms with Gasteiger partial charge < -0.3 is 5.73 Å². The summed E-state index contributed by atoms with van der Waals surface area (Å²) >= 11 is 0. The van der Waals surface area contributed by atoms with Crippen molar-refractivity contribution in [3.63, 3.8) is 0 Å². The Balaban J connectivity index is 2.79. The van der Waals surface area contributed by atoms with E-state index in [2.05, 4.69) is 10.2 Å². The summed E-state index contributed by atoms with van der Waals surface area (Å²) in [5.74, 6) is -3.26. The van der Waals surface area contributed by atoms with Crippen LogP contribution < -0.4 is 10.5 Å². The number of nitrogens with two attached hydrogens (primary N) is 1. The fraction of sp³-hybridized carbons (Fsp3) is 0.571. The molecule has 1 aromatic heterocycles. The van der Waals surface area contributed by atoms with E-state index < -0.39 is 29.0 Å². The number of halogens is 2. The molecule has 1 rings (SSSR count). The van der Waals surface area contributed by atoms with E-state index in [0.29, 0.717) is 0 Å². The predicted molar refractivity (Wildman–Crippen MR) is 52.5 cm³/mol. The van der Waals surface area contributed by atoms with Crippen LogP contribution in [-0.2, 0) is 10.0 Å². The molecule has 0 unspecified atom stereocenters. The highest BCUT2D eigenvalue weighted by Crippen LogP contribution is 2.14. The number of aromatic amines is 1. The molecular formula is C7H12F2N4O2S. The minimum absolute atomic E-state index is 0.152. The van der Waals surface area contributed by atoms with Gasteiger partial charge >= 0.3 is 0 Å². The van der Waals surface area contributed by atoms with Crippen LogP contribution in [0.15, 0.2) is 11.1 Å². The molecule has 0 aliphatic carbocycles. The summed E-state index contributed by atoms with van der Waals surface area (Å²) in [6.07, 6.45) is 1.05. The Morgan fingerprint density at radius 1 is 1.62 bits per heavy atom. The standard InChI is InChI=1S/C7H12F2N4O2S/c1-5-6(2-11-13-5)16(14,15)12-4-7(8,9)3-10/h2,12H,3-4,10H2,1H3,(H,11,13). The van der Waals surface area contributed by atoms with Crippen LogP contribution in [0.3, 0.4) is 0 Å². The average molecular weight is 254 g/mol. The molecular weight excluding hydrogens is 242 g/mol. The molecule has 0 bridgehead atoms. The molecule has 9 heteroatoms. The quantitative estimate of drug-likeness (QED) is 0.665. The third-order valence-corrected chi connectivity index (χ3v) is 3.41. The van der Waals surface area contributed by atoms with Crippen LogP contribution in [0.25, 0.3) is 0 Å². The third kappa shape index (κ3) is 2.97. The van der Waals surface area contributed by atoms with E-state index in [0.717, 1.165) is 6.20 Å². The number of H-pyrrole nitrogens is 1. The van der Waals surface area contributed by atoms with Crippen molar-refractivity contribution in [3.8, 4) is 0 Å². The van der Waals surface area contributed by atoms with Gasteiger partial charge in [-0.05, 0) is 6.92 Å². The second-order valence-electron chi connectivity index (χ2n) is 3.24. The van der Waals surface area contributed by atoms with Gasteiger partial charge in [-0.25, -0.2) is 21.9 Å². The maximum atomic E-state index is 12.8. The Hall–Kier alpha value is -1.06. The summed E-state index contributed by atoms with van der Waals surface area (Å²) < 4.78 is 50.3. The molecule has 0 radical (unpaired) electrons. The molecule has 92 valence electrons. The van der Waals surface area contributed by atoms with Gasteiger partial charge in [0.15, 0.2) is 0 Å². The highest BCUT2D eigenvalue weighted by molar-refractivity contribution is 7.89. The lowest BCUT2D eigenvalue weighted by atomic mass is 10.3. The van der Waals surface area contributed by atoms with Crippen LogP contribution in [0.2, 0.25) is 0 Å². The van der Waals surface area contributed by atoms with Crippen LogP contribution in [0.1, 0.15) is 5.69 Å². The summed E-state index contributed by atoms with van der Waals surface area (Å²) in [6, 6.07) is 0. The Labute approximate surface area is 91.3 Å². The molecule has 4 N–H and O–H groups in total. The fourth-order valence-electron chi connectivity index (χ4n) is 0.961. The number of alkyl halides is 2. The summed E-state index contributed by atoms with van der Waals surface area (Å²) in [7, 11) is -3.97. The second kappa shape index (κ2) is 4.44. The SMILES string of the molecule is Cc1[nH]ncc1S(=O)(=O)NCC(F)(F)CN. The maximum absolute atomic E-state index is 12.8. The predicted octanol–water partition coefficient (Wildman–Crippen LogP) is -0.410. The summed E-state index contributed by atoms with van der Waals surface area (Å²) in [5, 5.41) is 5.90. The molecule has 0 aliphatic rings. The van der Waals surface area contributed by atoms with Gasteiger partial charge in [0.05, 0.1) is 25.0 Å². The minimum atomic E-state index is -3.97. The first-order valence-electron chi connectivity index (χ1n) is 4.36. The first kappa shape index (κ1) is 13.0. The first-order valence-corrected chi connectivity index (χ1v) is 5.84. The molecule has 0 saturated heterocycles. The third-order valence-electron chi connectivity index (χ3n) is 1.89. The molecule has 1 aromatic rings. The van der Waals surface area contributed by atoms with Crippen LogP contribution in [0, 0.1) is 6.92 Å². The topological polar surface area (TPSA) is 101 Å². The Bertz CT molecular complexity index is 457. The van der Waals surface area contributed by atoms with Crippen LogP contribution in [0.5, 0.6) is 0 Å². The van der Waals surface area contributed by atoms with Gasteiger partial charge in [0.25, 0.3) is 5.92 Å². The Kier molecular flexibility index (Phi) is 3.61. The lowest BCUT2D eigenvalue weighted by Crippen LogP contribution is -2.41. The Morgan fingerprint density at radius 2 is 2.25 bits per heavy atom. The lowest BCUT2D eigenvalue weighted by Gasteiger charge is -2.14. The van der Waals surface area contributed by atoms with Crippen molar-refractivity contribution >= 4 is 10.0 Å². The smallest absolute Gasteiger partial charge is 0.273 e. The summed E-state index contributed by atoms with van der Waals surface area (Å²) in [4.78, 5) is -0.152. The molecule has 0 saturated carbocycles. The zero-order chi connectivity index (χ0) is 12.4. The van der Waals surface area contributed by atoms with Crippen LogP contribution >= 0.6 is 0 Å². The normalized spacial score (nSPS) is 13.0. The van der Waals surface area contributed by atoms with Crippen LogP contribution in [0.4, 0.5) is 8.78 Å². The van der Waals surface area contributed by atoms with Gasteiger partial charge in [-0.2, -0.15) is 5.10 Å². The molecule has 1 heterocycles. The first-order chi connectivity index (χ1) is 7.28. The number of rotatable bonds is 5. The number of aromatic nitrogens is 2. The van der Waals surface area contributed by atoms with Gasteiger partial charge in [-0.3, -0.25) is 5.10 Å². The lowest BCUT2D eigenvalue weighted by molar-refractivity contribution is 0.0170. The zero-order valence-electron chi connectivity index (χ0n) is 8.50. The number of hydrogen-bond acceptors (Lipinski definition) is 4. The summed E-state index contributed by atoms with van der Waals surface area (Å²) in [6.45, 7) is -0.473. The van der Waals surface area contributed by atoms with E-state index in [1.165, 1.54) is 6.92 Å². The highest BCUT2D eigenvalue weighted by Gasteiger charge is 2.30. The van der Waals surface area contributed by atoms with Gasteiger partial charge in [0, 0.05) is 0 Å². The largest absolute Gasteiger partial charge is 0.325 e. The Morgan fingerprint density at radius 3 is 2.69 bits per heavy atom. The van der Waals surface area contributed by atoms with Gasteiger partial charge in [0.2, 0.25) is 10.0 Å². The van der Waals surface area contributed by atoms with Crippen molar-refractivity contribution in [2.75, 3.05) is 13.1 Å². The van der Waals surface area contributed by atoms with Crippen molar-refractivity contribution < 1.29 is 17.2 Å². The van der Waals surface area contributed by atoms with Crippen molar-refractivity contribution in [2.24, 2.45) is 5.73 Å². The van der Waals surface area contributed by atoms with Crippen molar-refractivity contribution in [1.82, 2.24) is 14.9 Å². The van der Waals surface area contributed by atoms with E-state index in [4.69, 9.17) is 5.73 Å². The minimum Gasteiger partial charge on any atom is -0.325 e.